The molecule has 0 saturated heterocycles. The van der Waals surface area contributed by atoms with Crippen LogP contribution in [0.2, 0.25) is 5.02 Å². The van der Waals surface area contributed by atoms with Crippen molar-refractivity contribution in [2.45, 2.75) is 6.54 Å². The van der Waals surface area contributed by atoms with E-state index >= 15 is 0 Å². The normalized spacial score (nSPS) is 10.6. The van der Waals surface area contributed by atoms with Crippen LogP contribution in [0.25, 0.3) is 0 Å². The van der Waals surface area contributed by atoms with E-state index < -0.39 is 5.82 Å². The molecule has 2 rings (SSSR count). The van der Waals surface area contributed by atoms with Gasteiger partial charge >= 0.3 is 0 Å². The van der Waals surface area contributed by atoms with Crippen molar-refractivity contribution in [2.75, 3.05) is 18.0 Å². The number of rotatable bonds is 5. The fourth-order valence-corrected chi connectivity index (χ4v) is 1.90. The van der Waals surface area contributed by atoms with Crippen molar-refractivity contribution in [3.63, 3.8) is 0 Å². The Balaban J connectivity index is 2.20. The quantitative estimate of drug-likeness (QED) is 0.906. The first-order valence-corrected chi connectivity index (χ1v) is 6.01. The lowest BCUT2D eigenvalue weighted by Crippen LogP contribution is -2.28. The molecule has 0 aliphatic rings. The Morgan fingerprint density at radius 2 is 2.17 bits per heavy atom. The van der Waals surface area contributed by atoms with Crippen molar-refractivity contribution in [3.8, 4) is 0 Å². The summed E-state index contributed by atoms with van der Waals surface area (Å²) in [5.41, 5.74) is 6.41. The summed E-state index contributed by atoms with van der Waals surface area (Å²) in [5, 5.41) is 0.106. The van der Waals surface area contributed by atoms with Crippen molar-refractivity contribution in [1.29, 1.82) is 0 Å². The van der Waals surface area contributed by atoms with Crippen LogP contribution in [0.5, 0.6) is 0 Å². The molecule has 0 atom stereocenters. The monoisotopic (exact) mass is 268 g/mol. The topological polar surface area (TPSA) is 42.4 Å². The van der Waals surface area contributed by atoms with Gasteiger partial charge in [-0.15, -0.1) is 0 Å². The Hall–Kier alpha value is -1.52. The average molecular weight is 269 g/mol. The number of nitrogens with two attached hydrogens (primary N) is 1. The van der Waals surface area contributed by atoms with Crippen LogP contribution in [0.1, 0.15) is 5.76 Å². The molecule has 0 saturated carbocycles. The highest BCUT2D eigenvalue weighted by atomic mass is 35.5. The summed E-state index contributed by atoms with van der Waals surface area (Å²) >= 11 is 5.78. The Morgan fingerprint density at radius 3 is 2.78 bits per heavy atom. The molecule has 2 N–H and O–H groups in total. The molecule has 0 radical (unpaired) electrons. The van der Waals surface area contributed by atoms with Crippen LogP contribution in [-0.2, 0) is 6.54 Å². The van der Waals surface area contributed by atoms with Crippen molar-refractivity contribution in [3.05, 3.63) is 53.2 Å². The van der Waals surface area contributed by atoms with E-state index in [2.05, 4.69) is 0 Å². The van der Waals surface area contributed by atoms with Crippen LogP contribution in [0.3, 0.4) is 0 Å². The molecule has 0 fully saturated rings. The van der Waals surface area contributed by atoms with Crippen LogP contribution >= 0.6 is 11.6 Å². The third-order valence-corrected chi connectivity index (χ3v) is 2.88. The molecule has 96 valence electrons. The second-order valence-electron chi connectivity index (χ2n) is 3.89. The Labute approximate surface area is 110 Å². The molecular formula is C13H14ClFN2O. The van der Waals surface area contributed by atoms with E-state index in [4.69, 9.17) is 21.8 Å². The fraction of sp³-hybridized carbons (Fsp3) is 0.231. The number of benzene rings is 1. The first kappa shape index (κ1) is 12.9. The molecule has 0 unspecified atom stereocenters. The SMILES string of the molecule is NCCN(Cc1ccco1)c1ccc(F)c(Cl)c1. The van der Waals surface area contributed by atoms with Gasteiger partial charge in [0, 0.05) is 18.8 Å². The summed E-state index contributed by atoms with van der Waals surface area (Å²) in [4.78, 5) is 1.99. The molecule has 5 heteroatoms. The molecule has 3 nitrogen and oxygen atoms in total. The third kappa shape index (κ3) is 3.03. The summed E-state index contributed by atoms with van der Waals surface area (Å²) < 4.78 is 18.4. The summed E-state index contributed by atoms with van der Waals surface area (Å²) in [6.45, 7) is 1.71. The van der Waals surface area contributed by atoms with Gasteiger partial charge in [0.05, 0.1) is 17.8 Å². The van der Waals surface area contributed by atoms with Gasteiger partial charge in [-0.25, -0.2) is 4.39 Å². The van der Waals surface area contributed by atoms with Gasteiger partial charge in [0.2, 0.25) is 0 Å². The number of hydrogen-bond acceptors (Lipinski definition) is 3. The number of hydrogen-bond donors (Lipinski definition) is 1. The molecule has 1 heterocycles. The zero-order chi connectivity index (χ0) is 13.0. The molecule has 0 amide bonds. The maximum Gasteiger partial charge on any atom is 0.141 e. The molecule has 0 aliphatic carbocycles. The first-order chi connectivity index (χ1) is 8.70. The molecular weight excluding hydrogens is 255 g/mol. The van der Waals surface area contributed by atoms with Gasteiger partial charge in [-0.1, -0.05) is 11.6 Å². The summed E-state index contributed by atoms with van der Waals surface area (Å²) in [6.07, 6.45) is 1.62. The summed E-state index contributed by atoms with van der Waals surface area (Å²) in [6, 6.07) is 8.33. The minimum absolute atomic E-state index is 0.106. The highest BCUT2D eigenvalue weighted by Crippen LogP contribution is 2.23. The van der Waals surface area contributed by atoms with E-state index in [1.807, 2.05) is 17.0 Å². The molecule has 0 spiro atoms. The van der Waals surface area contributed by atoms with E-state index in [1.165, 1.54) is 6.07 Å². The van der Waals surface area contributed by atoms with E-state index in [1.54, 1.807) is 18.4 Å². The van der Waals surface area contributed by atoms with Crippen molar-refractivity contribution < 1.29 is 8.81 Å². The van der Waals surface area contributed by atoms with E-state index in [0.717, 1.165) is 11.4 Å². The predicted molar refractivity (Wildman–Crippen MR) is 70.2 cm³/mol. The van der Waals surface area contributed by atoms with Crippen LogP contribution in [0, 0.1) is 5.82 Å². The van der Waals surface area contributed by atoms with Gasteiger partial charge in [0.15, 0.2) is 0 Å². The van der Waals surface area contributed by atoms with E-state index in [-0.39, 0.29) is 5.02 Å². The van der Waals surface area contributed by atoms with Gasteiger partial charge in [0.25, 0.3) is 0 Å². The highest BCUT2D eigenvalue weighted by Gasteiger charge is 2.10. The molecule has 2 aromatic rings. The minimum atomic E-state index is -0.425. The van der Waals surface area contributed by atoms with Crippen molar-refractivity contribution >= 4 is 17.3 Å². The van der Waals surface area contributed by atoms with Crippen LogP contribution in [0.4, 0.5) is 10.1 Å². The Bertz CT molecular complexity index is 502. The molecule has 1 aromatic heterocycles. The minimum Gasteiger partial charge on any atom is -0.467 e. The second kappa shape index (κ2) is 5.89. The second-order valence-corrected chi connectivity index (χ2v) is 4.30. The fourth-order valence-electron chi connectivity index (χ4n) is 1.73. The highest BCUT2D eigenvalue weighted by molar-refractivity contribution is 6.31. The van der Waals surface area contributed by atoms with E-state index in [9.17, 15) is 4.39 Å². The number of nitrogens with zero attached hydrogens (tertiary/aromatic N) is 1. The zero-order valence-electron chi connectivity index (χ0n) is 9.77. The number of furan rings is 1. The van der Waals surface area contributed by atoms with Crippen LogP contribution in [0.15, 0.2) is 41.0 Å². The van der Waals surface area contributed by atoms with E-state index in [0.29, 0.717) is 19.6 Å². The van der Waals surface area contributed by atoms with Gasteiger partial charge in [0.1, 0.15) is 11.6 Å². The molecule has 1 aromatic carbocycles. The van der Waals surface area contributed by atoms with Crippen molar-refractivity contribution in [1.82, 2.24) is 0 Å². The molecule has 0 bridgehead atoms. The summed E-state index contributed by atoms with van der Waals surface area (Å²) in [5.74, 6) is 0.398. The lowest BCUT2D eigenvalue weighted by atomic mass is 10.2. The maximum absolute atomic E-state index is 13.1. The van der Waals surface area contributed by atoms with Crippen LogP contribution in [-0.4, -0.2) is 13.1 Å². The average Bonchev–Trinajstić information content (AvgIpc) is 2.85. The largest absolute Gasteiger partial charge is 0.467 e. The molecule has 18 heavy (non-hydrogen) atoms. The third-order valence-electron chi connectivity index (χ3n) is 2.59. The zero-order valence-corrected chi connectivity index (χ0v) is 10.5. The number of anilines is 1. The maximum atomic E-state index is 13.1. The summed E-state index contributed by atoms with van der Waals surface area (Å²) in [7, 11) is 0. The van der Waals surface area contributed by atoms with Gasteiger partial charge < -0.3 is 15.1 Å². The van der Waals surface area contributed by atoms with Gasteiger partial charge in [-0.05, 0) is 30.3 Å². The lowest BCUT2D eigenvalue weighted by Gasteiger charge is -2.23. The Kier molecular flexibility index (Phi) is 4.23. The first-order valence-electron chi connectivity index (χ1n) is 5.63. The number of halogens is 2. The van der Waals surface area contributed by atoms with Gasteiger partial charge in [-0.3, -0.25) is 0 Å². The molecule has 0 aliphatic heterocycles. The standard InChI is InChI=1S/C13H14ClFN2O/c14-12-8-10(3-4-13(12)15)17(6-5-16)9-11-2-1-7-18-11/h1-4,7-8H,5-6,9,16H2. The Morgan fingerprint density at radius 1 is 1.33 bits per heavy atom. The van der Waals surface area contributed by atoms with Gasteiger partial charge in [-0.2, -0.15) is 0 Å². The lowest BCUT2D eigenvalue weighted by molar-refractivity contribution is 0.502. The predicted octanol–water partition coefficient (Wildman–Crippen LogP) is 3.04. The van der Waals surface area contributed by atoms with Crippen LogP contribution < -0.4 is 10.6 Å². The van der Waals surface area contributed by atoms with Crippen molar-refractivity contribution in [2.24, 2.45) is 5.73 Å². The smallest absolute Gasteiger partial charge is 0.141 e.